The van der Waals surface area contributed by atoms with Crippen molar-refractivity contribution in [2.75, 3.05) is 4.90 Å². The lowest BCUT2D eigenvalue weighted by atomic mass is 9.98. The molecule has 3 rings (SSSR count). The number of benzene rings is 2. The Balaban J connectivity index is 2.11. The maximum atomic E-state index is 12.9. The molecule has 0 atom stereocenters. The van der Waals surface area contributed by atoms with Crippen LogP contribution in [-0.2, 0) is 9.59 Å². The van der Waals surface area contributed by atoms with Crippen LogP contribution in [-0.4, -0.2) is 11.8 Å². The standard InChI is InChI=1S/C20H18ClNO2/c1-11-5-6-16(14(4)8-11)17-18(21)20(24)22(19(17)23)15-9-12(2)7-13(3)10-15/h5-10H,1-4H3. The van der Waals surface area contributed by atoms with E-state index in [0.29, 0.717) is 11.3 Å². The Hall–Kier alpha value is -2.39. The van der Waals surface area contributed by atoms with Gasteiger partial charge in [-0.3, -0.25) is 9.59 Å². The summed E-state index contributed by atoms with van der Waals surface area (Å²) >= 11 is 6.26. The van der Waals surface area contributed by atoms with Crippen LogP contribution < -0.4 is 4.90 Å². The molecular weight excluding hydrogens is 322 g/mol. The van der Waals surface area contributed by atoms with Crippen molar-refractivity contribution < 1.29 is 9.59 Å². The van der Waals surface area contributed by atoms with E-state index in [2.05, 4.69) is 0 Å². The third-order valence-electron chi connectivity index (χ3n) is 4.14. The zero-order chi connectivity index (χ0) is 17.6. The van der Waals surface area contributed by atoms with Gasteiger partial charge in [-0.15, -0.1) is 0 Å². The molecular formula is C20H18ClNO2. The molecule has 0 aromatic heterocycles. The zero-order valence-corrected chi connectivity index (χ0v) is 14.9. The van der Waals surface area contributed by atoms with E-state index in [9.17, 15) is 9.59 Å². The van der Waals surface area contributed by atoms with Gasteiger partial charge >= 0.3 is 0 Å². The highest BCUT2D eigenvalue weighted by atomic mass is 35.5. The van der Waals surface area contributed by atoms with E-state index < -0.39 is 5.91 Å². The van der Waals surface area contributed by atoms with E-state index in [1.165, 1.54) is 0 Å². The fourth-order valence-electron chi connectivity index (χ4n) is 3.14. The van der Waals surface area contributed by atoms with Gasteiger partial charge in [-0.2, -0.15) is 0 Å². The van der Waals surface area contributed by atoms with Crippen molar-refractivity contribution in [3.63, 3.8) is 0 Å². The molecule has 0 aliphatic carbocycles. The number of aryl methyl sites for hydroxylation is 4. The number of halogens is 1. The van der Waals surface area contributed by atoms with Gasteiger partial charge in [-0.1, -0.05) is 41.4 Å². The fraction of sp³-hybridized carbons (Fsp3) is 0.200. The van der Waals surface area contributed by atoms with Crippen molar-refractivity contribution in [3.8, 4) is 0 Å². The molecule has 0 fully saturated rings. The van der Waals surface area contributed by atoms with Gasteiger partial charge in [0.15, 0.2) is 0 Å². The Morgan fingerprint density at radius 3 is 2.00 bits per heavy atom. The Kier molecular flexibility index (Phi) is 4.06. The molecule has 0 spiro atoms. The van der Waals surface area contributed by atoms with Crippen molar-refractivity contribution in [1.82, 2.24) is 0 Å². The first-order chi connectivity index (χ1) is 11.3. The Bertz CT molecular complexity index is 892. The average Bonchev–Trinajstić information content (AvgIpc) is 2.69. The largest absolute Gasteiger partial charge is 0.277 e. The molecule has 3 nitrogen and oxygen atoms in total. The highest BCUT2D eigenvalue weighted by molar-refractivity contribution is 6.60. The minimum absolute atomic E-state index is 0.0221. The van der Waals surface area contributed by atoms with Crippen molar-refractivity contribution >= 4 is 34.7 Å². The molecule has 0 saturated heterocycles. The molecule has 0 radical (unpaired) electrons. The van der Waals surface area contributed by atoms with Gasteiger partial charge in [0.1, 0.15) is 5.03 Å². The molecule has 1 aliphatic heterocycles. The van der Waals surface area contributed by atoms with Crippen LogP contribution in [0.1, 0.15) is 27.8 Å². The SMILES string of the molecule is Cc1cc(C)cc(N2C(=O)C(Cl)=C(c3ccc(C)cc3C)C2=O)c1. The van der Waals surface area contributed by atoms with Gasteiger partial charge in [-0.25, -0.2) is 4.90 Å². The predicted octanol–water partition coefficient (Wildman–Crippen LogP) is 4.44. The number of hydrogen-bond donors (Lipinski definition) is 0. The molecule has 0 bridgehead atoms. The normalized spacial score (nSPS) is 14.8. The zero-order valence-electron chi connectivity index (χ0n) is 14.1. The Morgan fingerprint density at radius 1 is 0.792 bits per heavy atom. The first-order valence-electron chi connectivity index (χ1n) is 7.74. The van der Waals surface area contributed by atoms with E-state index in [1.54, 1.807) is 0 Å². The minimum atomic E-state index is -0.471. The summed E-state index contributed by atoms with van der Waals surface area (Å²) in [6.07, 6.45) is 0. The molecule has 0 unspecified atom stereocenters. The van der Waals surface area contributed by atoms with Gasteiger partial charge in [-0.05, 0) is 62.1 Å². The van der Waals surface area contributed by atoms with E-state index in [1.807, 2.05) is 64.1 Å². The minimum Gasteiger partial charge on any atom is -0.268 e. The van der Waals surface area contributed by atoms with Crippen LogP contribution >= 0.6 is 11.6 Å². The maximum absolute atomic E-state index is 12.9. The summed E-state index contributed by atoms with van der Waals surface area (Å²) in [5, 5.41) is -0.0221. The average molecular weight is 340 g/mol. The number of carbonyl (C=O) groups is 2. The van der Waals surface area contributed by atoms with Crippen molar-refractivity contribution in [1.29, 1.82) is 0 Å². The smallest absolute Gasteiger partial charge is 0.268 e. The summed E-state index contributed by atoms with van der Waals surface area (Å²) in [7, 11) is 0. The molecule has 2 amide bonds. The quantitative estimate of drug-likeness (QED) is 0.758. The van der Waals surface area contributed by atoms with Crippen LogP contribution in [0.15, 0.2) is 41.4 Å². The van der Waals surface area contributed by atoms with E-state index in [0.717, 1.165) is 27.2 Å². The molecule has 2 aromatic carbocycles. The third-order valence-corrected chi connectivity index (χ3v) is 4.49. The summed E-state index contributed by atoms with van der Waals surface area (Å²) in [5.74, 6) is -0.844. The lowest BCUT2D eigenvalue weighted by Gasteiger charge is -2.16. The Labute approximate surface area is 146 Å². The molecule has 122 valence electrons. The number of carbonyl (C=O) groups excluding carboxylic acids is 2. The van der Waals surface area contributed by atoms with Crippen LogP contribution in [0.4, 0.5) is 5.69 Å². The summed E-state index contributed by atoms with van der Waals surface area (Å²) in [6, 6.07) is 11.4. The summed E-state index contributed by atoms with van der Waals surface area (Å²) in [4.78, 5) is 26.7. The van der Waals surface area contributed by atoms with Crippen LogP contribution in [0.5, 0.6) is 0 Å². The van der Waals surface area contributed by atoms with Crippen LogP contribution in [0.25, 0.3) is 5.57 Å². The van der Waals surface area contributed by atoms with E-state index in [4.69, 9.17) is 11.6 Å². The van der Waals surface area contributed by atoms with Crippen molar-refractivity contribution in [2.24, 2.45) is 0 Å². The summed E-state index contributed by atoms with van der Waals surface area (Å²) < 4.78 is 0. The lowest BCUT2D eigenvalue weighted by Crippen LogP contribution is -2.31. The monoisotopic (exact) mass is 339 g/mol. The third kappa shape index (κ3) is 2.65. The number of imide groups is 1. The second-order valence-electron chi connectivity index (χ2n) is 6.30. The number of amides is 2. The van der Waals surface area contributed by atoms with E-state index in [-0.39, 0.29) is 16.5 Å². The molecule has 1 aliphatic rings. The second-order valence-corrected chi connectivity index (χ2v) is 6.68. The molecule has 24 heavy (non-hydrogen) atoms. The van der Waals surface area contributed by atoms with Gasteiger partial charge in [0.05, 0.1) is 11.3 Å². The highest BCUT2D eigenvalue weighted by Crippen LogP contribution is 2.36. The molecule has 1 heterocycles. The Morgan fingerprint density at radius 2 is 1.42 bits per heavy atom. The number of rotatable bonds is 2. The topological polar surface area (TPSA) is 37.4 Å². The van der Waals surface area contributed by atoms with Crippen LogP contribution in [0.2, 0.25) is 0 Å². The molecule has 0 N–H and O–H groups in total. The second kappa shape index (κ2) is 5.91. The first kappa shape index (κ1) is 16.5. The first-order valence-corrected chi connectivity index (χ1v) is 8.12. The molecule has 2 aromatic rings. The number of nitrogens with zero attached hydrogens (tertiary/aromatic N) is 1. The van der Waals surface area contributed by atoms with Crippen molar-refractivity contribution in [2.45, 2.75) is 27.7 Å². The summed E-state index contributed by atoms with van der Waals surface area (Å²) in [6.45, 7) is 7.76. The lowest BCUT2D eigenvalue weighted by molar-refractivity contribution is -0.119. The molecule has 4 heteroatoms. The predicted molar refractivity (Wildman–Crippen MR) is 97.1 cm³/mol. The number of hydrogen-bond acceptors (Lipinski definition) is 2. The highest BCUT2D eigenvalue weighted by Gasteiger charge is 2.39. The van der Waals surface area contributed by atoms with E-state index >= 15 is 0 Å². The van der Waals surface area contributed by atoms with Gasteiger partial charge in [0.25, 0.3) is 11.8 Å². The fourth-order valence-corrected chi connectivity index (χ4v) is 3.41. The molecule has 0 saturated carbocycles. The van der Waals surface area contributed by atoms with Gasteiger partial charge < -0.3 is 0 Å². The van der Waals surface area contributed by atoms with Gasteiger partial charge in [0, 0.05) is 0 Å². The summed E-state index contributed by atoms with van der Waals surface area (Å²) in [5.41, 5.74) is 5.53. The number of anilines is 1. The van der Waals surface area contributed by atoms with Crippen molar-refractivity contribution in [3.05, 3.63) is 69.2 Å². The van der Waals surface area contributed by atoms with Crippen LogP contribution in [0.3, 0.4) is 0 Å². The van der Waals surface area contributed by atoms with Gasteiger partial charge in [0.2, 0.25) is 0 Å². The maximum Gasteiger partial charge on any atom is 0.277 e. The van der Waals surface area contributed by atoms with Crippen LogP contribution in [0, 0.1) is 27.7 Å².